The molecule has 0 bridgehead atoms. The van der Waals surface area contributed by atoms with Crippen LogP contribution in [0.25, 0.3) is 0 Å². The molecule has 2 amide bonds. The zero-order chi connectivity index (χ0) is 25.9. The maximum Gasteiger partial charge on any atom is 0.573 e. The maximum atomic E-state index is 12.7. The maximum absolute atomic E-state index is 12.7. The minimum Gasteiger partial charge on any atom is -0.410 e. The molecule has 0 radical (unpaired) electrons. The molecule has 6 nitrogen and oxygen atoms in total. The van der Waals surface area contributed by atoms with Crippen molar-refractivity contribution in [2.75, 3.05) is 7.05 Å². The van der Waals surface area contributed by atoms with Crippen LogP contribution in [-0.2, 0) is 4.79 Å². The molecule has 1 aromatic carbocycles. The SMILES string of the molecule is CN1C(=O)C=C[C@]2(C)[C@H]3CC[C@]4(C)[C@@H](NC(=O)Oc5cccc(OC(F)(F)F)c5)CC[C@H]4[C@@H]3CC[C@@H]12. The number of alkyl halides is 3. The summed E-state index contributed by atoms with van der Waals surface area (Å²) < 4.78 is 46.8. The van der Waals surface area contributed by atoms with E-state index < -0.39 is 18.2 Å². The van der Waals surface area contributed by atoms with Gasteiger partial charge in [-0.05, 0) is 79.9 Å². The second-order valence-electron chi connectivity index (χ2n) is 11.3. The van der Waals surface area contributed by atoms with Crippen molar-refractivity contribution in [3.63, 3.8) is 0 Å². The Labute approximate surface area is 209 Å². The van der Waals surface area contributed by atoms with E-state index in [1.165, 1.54) is 12.1 Å². The summed E-state index contributed by atoms with van der Waals surface area (Å²) in [5.41, 5.74) is -0.119. The lowest BCUT2D eigenvalue weighted by atomic mass is 9.48. The number of nitrogens with zero attached hydrogens (tertiary/aromatic N) is 1. The molecule has 5 rings (SSSR count). The predicted molar refractivity (Wildman–Crippen MR) is 126 cm³/mol. The Morgan fingerprint density at radius 2 is 1.83 bits per heavy atom. The van der Waals surface area contributed by atoms with Gasteiger partial charge in [0.2, 0.25) is 5.91 Å². The Kier molecular flexibility index (Phi) is 6.03. The summed E-state index contributed by atoms with van der Waals surface area (Å²) in [6.45, 7) is 4.56. The van der Waals surface area contributed by atoms with Gasteiger partial charge in [0, 0.05) is 30.6 Å². The van der Waals surface area contributed by atoms with Gasteiger partial charge in [-0.1, -0.05) is 26.0 Å². The molecule has 3 fully saturated rings. The molecule has 0 unspecified atom stereocenters. The van der Waals surface area contributed by atoms with Crippen LogP contribution >= 0.6 is 0 Å². The number of hydrogen-bond donors (Lipinski definition) is 1. The average Bonchev–Trinajstić information content (AvgIpc) is 3.12. The fourth-order valence-electron chi connectivity index (χ4n) is 7.99. The number of nitrogens with one attached hydrogen (secondary N) is 1. The van der Waals surface area contributed by atoms with Gasteiger partial charge in [0.1, 0.15) is 11.5 Å². The molecule has 1 N–H and O–H groups in total. The van der Waals surface area contributed by atoms with Gasteiger partial charge in [0.05, 0.1) is 0 Å². The topological polar surface area (TPSA) is 67.9 Å². The van der Waals surface area contributed by atoms with E-state index in [4.69, 9.17) is 4.74 Å². The van der Waals surface area contributed by atoms with E-state index in [1.54, 1.807) is 6.08 Å². The summed E-state index contributed by atoms with van der Waals surface area (Å²) in [6, 6.07) is 5.13. The van der Waals surface area contributed by atoms with E-state index in [2.05, 4.69) is 30.0 Å². The number of ether oxygens (including phenoxy) is 2. The van der Waals surface area contributed by atoms with Crippen molar-refractivity contribution in [2.24, 2.45) is 28.6 Å². The molecule has 7 atom stereocenters. The van der Waals surface area contributed by atoms with Crippen molar-refractivity contribution in [1.29, 1.82) is 0 Å². The third-order valence-corrected chi connectivity index (χ3v) is 9.67. The van der Waals surface area contributed by atoms with Crippen molar-refractivity contribution in [1.82, 2.24) is 10.2 Å². The fraction of sp³-hybridized carbons (Fsp3) is 0.630. The molecule has 9 heteroatoms. The van der Waals surface area contributed by atoms with Crippen LogP contribution in [0, 0.1) is 28.6 Å². The van der Waals surface area contributed by atoms with Crippen LogP contribution < -0.4 is 14.8 Å². The average molecular weight is 507 g/mol. The Balaban J connectivity index is 1.27. The highest BCUT2D eigenvalue weighted by molar-refractivity contribution is 5.89. The molecular weight excluding hydrogens is 473 g/mol. The van der Waals surface area contributed by atoms with E-state index >= 15 is 0 Å². The number of hydrogen-bond acceptors (Lipinski definition) is 4. The minimum absolute atomic E-state index is 0.00772. The van der Waals surface area contributed by atoms with Crippen LogP contribution in [-0.4, -0.2) is 42.4 Å². The number of carbonyl (C=O) groups excluding carboxylic acids is 2. The molecule has 1 aliphatic heterocycles. The van der Waals surface area contributed by atoms with Crippen molar-refractivity contribution in [3.8, 4) is 11.5 Å². The van der Waals surface area contributed by atoms with Gasteiger partial charge in [-0.2, -0.15) is 0 Å². The van der Waals surface area contributed by atoms with Gasteiger partial charge in [0.15, 0.2) is 0 Å². The molecule has 3 aliphatic carbocycles. The predicted octanol–water partition coefficient (Wildman–Crippen LogP) is 5.68. The number of benzene rings is 1. The Hall–Kier alpha value is -2.71. The van der Waals surface area contributed by atoms with Crippen molar-refractivity contribution < 1.29 is 32.2 Å². The Bertz CT molecular complexity index is 1080. The second-order valence-corrected chi connectivity index (χ2v) is 11.3. The highest BCUT2D eigenvalue weighted by atomic mass is 19.4. The van der Waals surface area contributed by atoms with Crippen molar-refractivity contribution in [2.45, 2.75) is 70.8 Å². The van der Waals surface area contributed by atoms with E-state index in [1.807, 2.05) is 11.9 Å². The lowest BCUT2D eigenvalue weighted by molar-refractivity contribution is -0.274. The monoisotopic (exact) mass is 506 g/mol. The van der Waals surface area contributed by atoms with E-state index in [0.29, 0.717) is 17.8 Å². The zero-order valence-corrected chi connectivity index (χ0v) is 20.8. The normalized spacial score (nSPS) is 37.6. The largest absolute Gasteiger partial charge is 0.573 e. The van der Waals surface area contributed by atoms with E-state index in [0.717, 1.165) is 50.7 Å². The van der Waals surface area contributed by atoms with E-state index in [9.17, 15) is 22.8 Å². The second kappa shape index (κ2) is 8.70. The van der Waals surface area contributed by atoms with Crippen molar-refractivity contribution >= 4 is 12.0 Å². The number of amides is 2. The molecule has 196 valence electrons. The van der Waals surface area contributed by atoms with Crippen LogP contribution in [0.3, 0.4) is 0 Å². The third-order valence-electron chi connectivity index (χ3n) is 9.67. The van der Waals surface area contributed by atoms with Crippen LogP contribution in [0.1, 0.15) is 52.4 Å². The molecule has 0 aromatic heterocycles. The summed E-state index contributed by atoms with van der Waals surface area (Å²) in [5, 5.41) is 3.02. The van der Waals surface area contributed by atoms with Crippen LogP contribution in [0.4, 0.5) is 18.0 Å². The number of rotatable bonds is 3. The smallest absolute Gasteiger partial charge is 0.410 e. The zero-order valence-electron chi connectivity index (χ0n) is 20.8. The highest BCUT2D eigenvalue weighted by Gasteiger charge is 2.60. The molecule has 1 heterocycles. The van der Waals surface area contributed by atoms with Crippen LogP contribution in [0.2, 0.25) is 0 Å². The molecule has 3 saturated carbocycles. The van der Waals surface area contributed by atoms with Crippen molar-refractivity contribution in [3.05, 3.63) is 36.4 Å². The lowest BCUT2D eigenvalue weighted by Crippen LogP contribution is -2.60. The number of carbonyl (C=O) groups is 2. The van der Waals surface area contributed by atoms with Crippen LogP contribution in [0.15, 0.2) is 36.4 Å². The summed E-state index contributed by atoms with van der Waals surface area (Å²) in [7, 11) is 1.91. The standard InChI is InChI=1S/C27H33F3N2O4/c1-25-13-11-20-18(7-10-22-26(20,2)14-12-23(33)32(22)3)19(25)8-9-21(25)31-24(34)35-16-5-4-6-17(15-16)36-27(28,29)30/h4-6,12,14-15,18-22H,7-11,13H2,1-3H3,(H,31,34)/t18-,19-,20-,21-,22+,25-,26+/m0/s1. The highest BCUT2D eigenvalue weighted by Crippen LogP contribution is 2.63. The summed E-state index contributed by atoms with van der Waals surface area (Å²) in [6.07, 6.45) is 4.29. The summed E-state index contributed by atoms with van der Waals surface area (Å²) in [4.78, 5) is 26.9. The first-order chi connectivity index (χ1) is 16.9. The van der Waals surface area contributed by atoms with Gasteiger partial charge in [-0.25, -0.2) is 4.79 Å². The molecule has 36 heavy (non-hydrogen) atoms. The number of likely N-dealkylation sites (N-methyl/N-ethyl adjacent to an activating group) is 1. The summed E-state index contributed by atoms with van der Waals surface area (Å²) in [5.74, 6) is 1.10. The van der Waals surface area contributed by atoms with E-state index in [-0.39, 0.29) is 34.6 Å². The molecule has 4 aliphatic rings. The summed E-state index contributed by atoms with van der Waals surface area (Å²) >= 11 is 0. The van der Waals surface area contributed by atoms with Gasteiger partial charge < -0.3 is 19.7 Å². The van der Waals surface area contributed by atoms with Gasteiger partial charge in [-0.15, -0.1) is 13.2 Å². The van der Waals surface area contributed by atoms with Gasteiger partial charge >= 0.3 is 12.5 Å². The quantitative estimate of drug-likeness (QED) is 0.573. The molecule has 0 spiro atoms. The molecular formula is C27H33F3N2O4. The fourth-order valence-corrected chi connectivity index (χ4v) is 7.99. The first kappa shape index (κ1) is 25.0. The minimum atomic E-state index is -4.82. The third kappa shape index (κ3) is 4.24. The van der Waals surface area contributed by atoms with Crippen LogP contribution in [0.5, 0.6) is 11.5 Å². The Morgan fingerprint density at radius 3 is 2.58 bits per heavy atom. The lowest BCUT2D eigenvalue weighted by Gasteiger charge is -2.60. The first-order valence-corrected chi connectivity index (χ1v) is 12.7. The Morgan fingerprint density at radius 1 is 1.08 bits per heavy atom. The first-order valence-electron chi connectivity index (χ1n) is 12.7. The number of halogens is 3. The number of fused-ring (bicyclic) bond motifs is 5. The molecule has 0 saturated heterocycles. The molecule has 1 aromatic rings. The van der Waals surface area contributed by atoms with Gasteiger partial charge in [0.25, 0.3) is 0 Å². The van der Waals surface area contributed by atoms with Gasteiger partial charge in [-0.3, -0.25) is 4.79 Å².